The summed E-state index contributed by atoms with van der Waals surface area (Å²) in [4.78, 5) is 0. The SMILES string of the molecule is CCC1(CNCc2ccc(OC)c(OC(F)F)c2)CCC1. The van der Waals surface area contributed by atoms with Crippen molar-refractivity contribution >= 4 is 0 Å². The highest BCUT2D eigenvalue weighted by Gasteiger charge is 2.34. The third kappa shape index (κ3) is 4.06. The van der Waals surface area contributed by atoms with E-state index in [1.54, 1.807) is 12.1 Å². The Hall–Kier alpha value is -1.36. The molecule has 1 aliphatic carbocycles. The fourth-order valence-electron chi connectivity index (χ4n) is 2.82. The molecule has 0 spiro atoms. The van der Waals surface area contributed by atoms with Crippen molar-refractivity contribution in [3.05, 3.63) is 23.8 Å². The molecule has 1 aromatic carbocycles. The highest BCUT2D eigenvalue weighted by Crippen LogP contribution is 2.43. The van der Waals surface area contributed by atoms with Gasteiger partial charge in [-0.05, 0) is 42.4 Å². The number of hydrogen-bond acceptors (Lipinski definition) is 3. The van der Waals surface area contributed by atoms with Gasteiger partial charge in [0.15, 0.2) is 11.5 Å². The second-order valence-corrected chi connectivity index (χ2v) is 5.67. The molecule has 0 saturated heterocycles. The normalized spacial score (nSPS) is 16.6. The first kappa shape index (κ1) is 16.0. The third-order valence-corrected chi connectivity index (χ3v) is 4.44. The van der Waals surface area contributed by atoms with Gasteiger partial charge < -0.3 is 14.8 Å². The quantitative estimate of drug-likeness (QED) is 0.788. The molecule has 21 heavy (non-hydrogen) atoms. The minimum absolute atomic E-state index is 0.0839. The average molecular weight is 299 g/mol. The van der Waals surface area contributed by atoms with Crippen LogP contribution in [0.3, 0.4) is 0 Å². The lowest BCUT2D eigenvalue weighted by Gasteiger charge is -2.41. The fourth-order valence-corrected chi connectivity index (χ4v) is 2.82. The monoisotopic (exact) mass is 299 g/mol. The van der Waals surface area contributed by atoms with Crippen molar-refractivity contribution in [3.63, 3.8) is 0 Å². The Morgan fingerprint density at radius 3 is 2.57 bits per heavy atom. The summed E-state index contributed by atoms with van der Waals surface area (Å²) < 4.78 is 34.3. The summed E-state index contributed by atoms with van der Waals surface area (Å²) in [6.07, 6.45) is 5.05. The summed E-state index contributed by atoms with van der Waals surface area (Å²) in [6, 6.07) is 5.13. The maximum atomic E-state index is 12.4. The first-order chi connectivity index (χ1) is 10.1. The van der Waals surface area contributed by atoms with E-state index in [-0.39, 0.29) is 5.75 Å². The predicted molar refractivity (Wildman–Crippen MR) is 77.9 cm³/mol. The number of halogens is 2. The molecular weight excluding hydrogens is 276 g/mol. The van der Waals surface area contributed by atoms with Gasteiger partial charge in [0.25, 0.3) is 0 Å². The number of hydrogen-bond donors (Lipinski definition) is 1. The van der Waals surface area contributed by atoms with Gasteiger partial charge in [-0.2, -0.15) is 8.78 Å². The third-order valence-electron chi connectivity index (χ3n) is 4.44. The maximum Gasteiger partial charge on any atom is 0.387 e. The highest BCUT2D eigenvalue weighted by atomic mass is 19.3. The molecule has 1 aromatic rings. The van der Waals surface area contributed by atoms with Crippen LogP contribution >= 0.6 is 0 Å². The van der Waals surface area contributed by atoms with Crippen molar-refractivity contribution in [2.24, 2.45) is 5.41 Å². The molecule has 2 rings (SSSR count). The van der Waals surface area contributed by atoms with E-state index in [1.807, 2.05) is 6.07 Å². The van der Waals surface area contributed by atoms with Crippen LogP contribution in [-0.2, 0) is 6.54 Å². The van der Waals surface area contributed by atoms with Gasteiger partial charge in [0, 0.05) is 13.1 Å². The zero-order valence-electron chi connectivity index (χ0n) is 12.6. The molecule has 0 amide bonds. The lowest BCUT2D eigenvalue weighted by Crippen LogP contribution is -2.39. The van der Waals surface area contributed by atoms with Crippen LogP contribution in [0.5, 0.6) is 11.5 Å². The fraction of sp³-hybridized carbons (Fsp3) is 0.625. The lowest BCUT2D eigenvalue weighted by molar-refractivity contribution is -0.0512. The Labute approximate surface area is 124 Å². The Balaban J connectivity index is 1.93. The van der Waals surface area contributed by atoms with Gasteiger partial charge in [-0.3, -0.25) is 0 Å². The lowest BCUT2D eigenvalue weighted by atomic mass is 9.67. The van der Waals surface area contributed by atoms with E-state index in [4.69, 9.17) is 4.74 Å². The summed E-state index contributed by atoms with van der Waals surface area (Å²) in [5, 5.41) is 3.43. The van der Waals surface area contributed by atoms with E-state index in [2.05, 4.69) is 17.0 Å². The molecule has 1 fully saturated rings. The van der Waals surface area contributed by atoms with Crippen LogP contribution in [0, 0.1) is 5.41 Å². The Morgan fingerprint density at radius 2 is 2.05 bits per heavy atom. The van der Waals surface area contributed by atoms with Gasteiger partial charge in [-0.25, -0.2) is 0 Å². The standard InChI is InChI=1S/C16H23F2NO2/c1-3-16(7-4-8-16)11-19-10-12-5-6-13(20-2)14(9-12)21-15(17)18/h5-6,9,15,19H,3-4,7-8,10-11H2,1-2H3. The number of methoxy groups -OCH3 is 1. The molecule has 1 N–H and O–H groups in total. The minimum atomic E-state index is -2.85. The van der Waals surface area contributed by atoms with Crippen LogP contribution in [-0.4, -0.2) is 20.3 Å². The molecule has 0 aromatic heterocycles. The van der Waals surface area contributed by atoms with E-state index >= 15 is 0 Å². The van der Waals surface area contributed by atoms with Gasteiger partial charge in [0.2, 0.25) is 0 Å². The molecule has 3 nitrogen and oxygen atoms in total. The Kier molecular flexibility index (Phi) is 5.39. The first-order valence-electron chi connectivity index (χ1n) is 7.41. The molecule has 1 aliphatic rings. The van der Waals surface area contributed by atoms with Crippen molar-refractivity contribution in [1.29, 1.82) is 0 Å². The number of rotatable bonds is 8. The van der Waals surface area contributed by atoms with Gasteiger partial charge >= 0.3 is 6.61 Å². The van der Waals surface area contributed by atoms with Gasteiger partial charge in [-0.1, -0.05) is 19.4 Å². The average Bonchev–Trinajstić information content (AvgIpc) is 2.41. The van der Waals surface area contributed by atoms with Crippen LogP contribution in [0.4, 0.5) is 8.78 Å². The van der Waals surface area contributed by atoms with E-state index in [9.17, 15) is 8.78 Å². The van der Waals surface area contributed by atoms with Crippen molar-refractivity contribution in [2.75, 3.05) is 13.7 Å². The van der Waals surface area contributed by atoms with E-state index < -0.39 is 6.61 Å². The van der Waals surface area contributed by atoms with Crippen LogP contribution in [0.15, 0.2) is 18.2 Å². The molecule has 0 atom stereocenters. The summed E-state index contributed by atoms with van der Waals surface area (Å²) in [6.45, 7) is 0.995. The minimum Gasteiger partial charge on any atom is -0.493 e. The Morgan fingerprint density at radius 1 is 1.29 bits per heavy atom. The van der Waals surface area contributed by atoms with Crippen LogP contribution < -0.4 is 14.8 Å². The number of nitrogens with one attached hydrogen (secondary N) is 1. The topological polar surface area (TPSA) is 30.5 Å². The summed E-state index contributed by atoms with van der Waals surface area (Å²) in [5.74, 6) is 0.406. The molecule has 118 valence electrons. The van der Waals surface area contributed by atoms with Crippen molar-refractivity contribution in [2.45, 2.75) is 45.8 Å². The number of ether oxygens (including phenoxy) is 2. The van der Waals surface area contributed by atoms with Gasteiger partial charge in [0.05, 0.1) is 7.11 Å². The first-order valence-corrected chi connectivity index (χ1v) is 7.41. The molecule has 0 radical (unpaired) electrons. The molecule has 1 saturated carbocycles. The molecule has 5 heteroatoms. The van der Waals surface area contributed by atoms with E-state index in [0.717, 1.165) is 12.1 Å². The molecule has 0 aliphatic heterocycles. The second-order valence-electron chi connectivity index (χ2n) is 5.67. The Bertz CT molecular complexity index is 456. The van der Waals surface area contributed by atoms with Gasteiger partial charge in [0.1, 0.15) is 0 Å². The molecular formula is C16H23F2NO2. The van der Waals surface area contributed by atoms with E-state index in [1.165, 1.54) is 32.8 Å². The molecule has 0 unspecified atom stereocenters. The van der Waals surface area contributed by atoms with E-state index in [0.29, 0.717) is 17.7 Å². The molecule has 0 heterocycles. The zero-order chi connectivity index (χ0) is 15.3. The summed E-state index contributed by atoms with van der Waals surface area (Å²) in [7, 11) is 1.44. The number of alkyl halides is 2. The van der Waals surface area contributed by atoms with Crippen molar-refractivity contribution < 1.29 is 18.3 Å². The zero-order valence-corrected chi connectivity index (χ0v) is 12.6. The highest BCUT2D eigenvalue weighted by molar-refractivity contribution is 5.43. The maximum absolute atomic E-state index is 12.4. The second kappa shape index (κ2) is 7.07. The van der Waals surface area contributed by atoms with Crippen molar-refractivity contribution in [1.82, 2.24) is 5.32 Å². The largest absolute Gasteiger partial charge is 0.493 e. The summed E-state index contributed by atoms with van der Waals surface area (Å²) >= 11 is 0. The van der Waals surface area contributed by atoms with Crippen LogP contribution in [0.2, 0.25) is 0 Å². The smallest absolute Gasteiger partial charge is 0.387 e. The van der Waals surface area contributed by atoms with Crippen molar-refractivity contribution in [3.8, 4) is 11.5 Å². The van der Waals surface area contributed by atoms with Crippen LogP contribution in [0.1, 0.15) is 38.2 Å². The predicted octanol–water partition coefficient (Wildman–Crippen LogP) is 3.97. The molecule has 0 bridgehead atoms. The van der Waals surface area contributed by atoms with Gasteiger partial charge in [-0.15, -0.1) is 0 Å². The summed E-state index contributed by atoms with van der Waals surface area (Å²) in [5.41, 5.74) is 1.35. The van der Waals surface area contributed by atoms with Crippen LogP contribution in [0.25, 0.3) is 0 Å². The number of benzene rings is 1.